The van der Waals surface area contributed by atoms with E-state index in [1.54, 1.807) is 12.3 Å². The minimum atomic E-state index is 0.621. The van der Waals surface area contributed by atoms with Gasteiger partial charge >= 0.3 is 0 Å². The summed E-state index contributed by atoms with van der Waals surface area (Å²) in [5.41, 5.74) is 1.43. The Labute approximate surface area is 121 Å². The number of nitriles is 1. The van der Waals surface area contributed by atoms with Crippen LogP contribution in [-0.4, -0.2) is 24.0 Å². The third kappa shape index (κ3) is 4.74. The van der Waals surface area contributed by atoms with Crippen molar-refractivity contribution in [3.8, 4) is 6.07 Å². The highest BCUT2D eigenvalue weighted by Gasteiger charge is 2.02. The van der Waals surface area contributed by atoms with Gasteiger partial charge in [0.05, 0.1) is 10.9 Å². The number of allylic oxidation sites excluding steroid dienone is 1. The number of pyridine rings is 1. The molecule has 1 aromatic heterocycles. The van der Waals surface area contributed by atoms with Crippen LogP contribution in [-0.2, 0) is 0 Å². The number of nitrogens with zero attached hydrogens (tertiary/aromatic N) is 3. The van der Waals surface area contributed by atoms with Gasteiger partial charge in [-0.3, -0.25) is 4.98 Å². The molecule has 3 nitrogen and oxygen atoms in total. The Kier molecular flexibility index (Phi) is 8.45. The second-order valence-corrected chi connectivity index (χ2v) is 3.97. The molecule has 1 rings (SSSR count). The van der Waals surface area contributed by atoms with E-state index >= 15 is 0 Å². The van der Waals surface area contributed by atoms with E-state index in [0.717, 1.165) is 16.1 Å². The van der Waals surface area contributed by atoms with Crippen LogP contribution in [0.15, 0.2) is 25.1 Å². The van der Waals surface area contributed by atoms with Gasteiger partial charge in [-0.05, 0) is 19.2 Å². The SMILES string of the molecule is C=C/C=c1/c(C#N)c(/C=C/N(C)C)cn/c1=C/C.CC. The van der Waals surface area contributed by atoms with Gasteiger partial charge in [0.15, 0.2) is 0 Å². The summed E-state index contributed by atoms with van der Waals surface area (Å²) in [6.07, 6.45) is 10.9. The van der Waals surface area contributed by atoms with Crippen molar-refractivity contribution in [1.82, 2.24) is 9.88 Å². The van der Waals surface area contributed by atoms with Gasteiger partial charge in [0, 0.05) is 31.1 Å². The van der Waals surface area contributed by atoms with Gasteiger partial charge in [0.2, 0.25) is 0 Å². The molecular formula is C17H23N3. The molecule has 3 heteroatoms. The third-order valence-electron chi connectivity index (χ3n) is 2.40. The molecule has 0 radical (unpaired) electrons. The highest BCUT2D eigenvalue weighted by Crippen LogP contribution is 2.03. The normalized spacial score (nSPS) is 11.8. The second kappa shape index (κ2) is 9.57. The summed E-state index contributed by atoms with van der Waals surface area (Å²) < 4.78 is 0. The average Bonchev–Trinajstić information content (AvgIpc) is 2.47. The Balaban J connectivity index is 0.00000172. The molecule has 106 valence electrons. The maximum absolute atomic E-state index is 9.32. The number of rotatable bonds is 3. The average molecular weight is 269 g/mol. The molecule has 0 atom stereocenters. The lowest BCUT2D eigenvalue weighted by molar-refractivity contribution is 0.567. The van der Waals surface area contributed by atoms with Crippen molar-refractivity contribution >= 4 is 18.2 Å². The Morgan fingerprint density at radius 1 is 1.35 bits per heavy atom. The highest BCUT2D eigenvalue weighted by atomic mass is 15.0. The fourth-order valence-corrected chi connectivity index (χ4v) is 1.55. The first kappa shape index (κ1) is 17.7. The number of aromatic nitrogens is 1. The second-order valence-electron chi connectivity index (χ2n) is 3.97. The zero-order valence-corrected chi connectivity index (χ0v) is 13.0. The van der Waals surface area contributed by atoms with Crippen molar-refractivity contribution in [3.63, 3.8) is 0 Å². The van der Waals surface area contributed by atoms with Crippen molar-refractivity contribution in [3.05, 3.63) is 46.7 Å². The van der Waals surface area contributed by atoms with E-state index in [9.17, 15) is 5.26 Å². The lowest BCUT2D eigenvalue weighted by Gasteiger charge is -2.04. The molecule has 0 amide bonds. The Hall–Kier alpha value is -2.34. The quantitative estimate of drug-likeness (QED) is 0.845. The lowest BCUT2D eigenvalue weighted by atomic mass is 10.1. The lowest BCUT2D eigenvalue weighted by Crippen LogP contribution is -2.31. The van der Waals surface area contributed by atoms with Gasteiger partial charge in [0.1, 0.15) is 6.07 Å². The molecule has 20 heavy (non-hydrogen) atoms. The molecule has 0 fully saturated rings. The van der Waals surface area contributed by atoms with Crippen molar-refractivity contribution < 1.29 is 0 Å². The summed E-state index contributed by atoms with van der Waals surface area (Å²) in [5.74, 6) is 0. The molecule has 0 aliphatic carbocycles. The Morgan fingerprint density at radius 2 is 2.00 bits per heavy atom. The summed E-state index contributed by atoms with van der Waals surface area (Å²) in [4.78, 5) is 6.26. The zero-order valence-electron chi connectivity index (χ0n) is 13.0. The molecule has 0 aliphatic heterocycles. The Bertz CT molecular complexity index is 617. The summed E-state index contributed by atoms with van der Waals surface area (Å²) in [7, 11) is 3.86. The largest absolute Gasteiger partial charge is 0.383 e. The molecule has 0 saturated heterocycles. The fraction of sp³-hybridized carbons (Fsp3) is 0.294. The van der Waals surface area contributed by atoms with E-state index in [2.05, 4.69) is 17.6 Å². The van der Waals surface area contributed by atoms with Crippen molar-refractivity contribution in [2.24, 2.45) is 0 Å². The van der Waals surface area contributed by atoms with Gasteiger partial charge < -0.3 is 4.90 Å². The first-order valence-corrected chi connectivity index (χ1v) is 6.67. The van der Waals surface area contributed by atoms with Crippen LogP contribution in [0, 0.1) is 11.3 Å². The van der Waals surface area contributed by atoms with Crippen LogP contribution in [0.4, 0.5) is 0 Å². The first-order chi connectivity index (χ1) is 9.63. The van der Waals surface area contributed by atoms with E-state index in [0.29, 0.717) is 5.56 Å². The number of hydrogen-bond acceptors (Lipinski definition) is 3. The van der Waals surface area contributed by atoms with Gasteiger partial charge in [-0.25, -0.2) is 0 Å². The third-order valence-corrected chi connectivity index (χ3v) is 2.40. The summed E-state index contributed by atoms with van der Waals surface area (Å²) >= 11 is 0. The predicted octanol–water partition coefficient (Wildman–Crippen LogP) is 2.28. The van der Waals surface area contributed by atoms with E-state index in [1.807, 2.05) is 64.2 Å². The molecule has 1 heterocycles. The molecular weight excluding hydrogens is 246 g/mol. The minimum absolute atomic E-state index is 0.621. The van der Waals surface area contributed by atoms with Crippen molar-refractivity contribution in [2.45, 2.75) is 20.8 Å². The maximum Gasteiger partial charge on any atom is 0.101 e. The van der Waals surface area contributed by atoms with Crippen LogP contribution >= 0.6 is 0 Å². The molecule has 0 N–H and O–H groups in total. The zero-order chi connectivity index (χ0) is 15.5. The van der Waals surface area contributed by atoms with Gasteiger partial charge in [0.25, 0.3) is 0 Å². The summed E-state index contributed by atoms with van der Waals surface area (Å²) in [6.45, 7) is 9.58. The van der Waals surface area contributed by atoms with Crippen LogP contribution < -0.4 is 10.6 Å². The number of hydrogen-bond donors (Lipinski definition) is 0. The van der Waals surface area contributed by atoms with Crippen molar-refractivity contribution in [1.29, 1.82) is 5.26 Å². The molecule has 0 bridgehead atoms. The van der Waals surface area contributed by atoms with E-state index in [4.69, 9.17) is 0 Å². The molecule has 0 aliphatic rings. The van der Waals surface area contributed by atoms with Crippen LogP contribution in [0.5, 0.6) is 0 Å². The van der Waals surface area contributed by atoms with Gasteiger partial charge in [-0.1, -0.05) is 38.7 Å². The van der Waals surface area contributed by atoms with Gasteiger partial charge in [-0.2, -0.15) is 5.26 Å². The topological polar surface area (TPSA) is 39.9 Å². The maximum atomic E-state index is 9.32. The Morgan fingerprint density at radius 3 is 2.45 bits per heavy atom. The molecule has 0 aromatic carbocycles. The highest BCUT2D eigenvalue weighted by molar-refractivity contribution is 5.59. The summed E-state index contributed by atoms with van der Waals surface area (Å²) in [5, 5.41) is 10.9. The monoisotopic (exact) mass is 269 g/mol. The molecule has 0 unspecified atom stereocenters. The van der Waals surface area contributed by atoms with Crippen LogP contribution in [0.25, 0.3) is 18.2 Å². The van der Waals surface area contributed by atoms with Crippen LogP contribution in [0.1, 0.15) is 31.9 Å². The molecule has 0 spiro atoms. The fourth-order valence-electron chi connectivity index (χ4n) is 1.55. The minimum Gasteiger partial charge on any atom is -0.383 e. The molecule has 1 aromatic rings. The van der Waals surface area contributed by atoms with Gasteiger partial charge in [-0.15, -0.1) is 0 Å². The molecule has 0 saturated carbocycles. The smallest absolute Gasteiger partial charge is 0.101 e. The van der Waals surface area contributed by atoms with E-state index < -0.39 is 0 Å². The summed E-state index contributed by atoms with van der Waals surface area (Å²) in [6, 6.07) is 2.24. The van der Waals surface area contributed by atoms with Crippen molar-refractivity contribution in [2.75, 3.05) is 14.1 Å². The standard InChI is InChI=1S/C15H17N3.C2H6/c1-5-7-13-14(10-16)12(8-9-18(3)4)11-17-15(13)6-2;1-2/h5-9,11H,1H2,2-4H3;1-2H3/b9-8+,13-7-,15-6+;. The van der Waals surface area contributed by atoms with E-state index in [1.165, 1.54) is 0 Å². The van der Waals surface area contributed by atoms with E-state index in [-0.39, 0.29) is 0 Å². The predicted molar refractivity (Wildman–Crippen MR) is 87.1 cm³/mol. The van der Waals surface area contributed by atoms with Crippen LogP contribution in [0.3, 0.4) is 0 Å². The first-order valence-electron chi connectivity index (χ1n) is 6.67. The van der Waals surface area contributed by atoms with Crippen LogP contribution in [0.2, 0.25) is 0 Å².